The van der Waals surface area contributed by atoms with Crippen LogP contribution >= 0.6 is 0 Å². The van der Waals surface area contributed by atoms with Crippen molar-refractivity contribution in [3.63, 3.8) is 0 Å². The molecule has 0 spiro atoms. The maximum atomic E-state index is 10.7. The highest BCUT2D eigenvalue weighted by molar-refractivity contribution is 5.88. The topological polar surface area (TPSA) is 52.1 Å². The van der Waals surface area contributed by atoms with E-state index in [1.807, 2.05) is 0 Å². The normalized spacial score (nSPS) is 8.90. The highest BCUT2D eigenvalue weighted by Gasteiger charge is 2.03. The van der Waals surface area contributed by atoms with E-state index in [0.717, 1.165) is 0 Å². The highest BCUT2D eigenvalue weighted by atomic mass is 16.5. The Bertz CT molecular complexity index is 222. The number of rotatable bonds is 1. The van der Waals surface area contributed by atoms with Crippen molar-refractivity contribution in [1.82, 2.24) is 10.2 Å². The molecule has 10 heavy (non-hydrogen) atoms. The molecule has 0 saturated heterocycles. The molecule has 0 fully saturated rings. The third kappa shape index (κ3) is 1.28. The quantitative estimate of drug-likeness (QED) is 0.514. The first kappa shape index (κ1) is 6.67. The predicted molar refractivity (Wildman–Crippen MR) is 32.2 cm³/mol. The van der Waals surface area contributed by atoms with Gasteiger partial charge in [-0.25, -0.2) is 4.79 Å². The Labute approximate surface area is 57.8 Å². The molecule has 1 rings (SSSR count). The van der Waals surface area contributed by atoms with Crippen LogP contribution in [0.25, 0.3) is 0 Å². The standard InChI is InChI=1S/C6H5N2O2/c1-10-6(9)5-2-3-7-8-4-5/h2-3H,1H3. The van der Waals surface area contributed by atoms with Crippen LogP contribution in [-0.2, 0) is 4.74 Å². The van der Waals surface area contributed by atoms with E-state index < -0.39 is 5.97 Å². The number of methoxy groups -OCH3 is 1. The van der Waals surface area contributed by atoms with Gasteiger partial charge < -0.3 is 4.74 Å². The lowest BCUT2D eigenvalue weighted by molar-refractivity contribution is 0.0599. The molecule has 0 unspecified atom stereocenters. The van der Waals surface area contributed by atoms with E-state index in [2.05, 4.69) is 21.1 Å². The van der Waals surface area contributed by atoms with Crippen molar-refractivity contribution in [1.29, 1.82) is 0 Å². The van der Waals surface area contributed by atoms with Gasteiger partial charge >= 0.3 is 5.97 Å². The Morgan fingerprint density at radius 2 is 2.60 bits per heavy atom. The van der Waals surface area contributed by atoms with Crippen LogP contribution in [-0.4, -0.2) is 23.3 Å². The van der Waals surface area contributed by atoms with E-state index >= 15 is 0 Å². The fourth-order valence-electron chi connectivity index (χ4n) is 0.485. The largest absolute Gasteiger partial charge is 0.465 e. The lowest BCUT2D eigenvalue weighted by Gasteiger charge is -1.93. The molecule has 0 bridgehead atoms. The third-order valence-electron chi connectivity index (χ3n) is 0.941. The van der Waals surface area contributed by atoms with Crippen LogP contribution in [0.5, 0.6) is 0 Å². The Morgan fingerprint density at radius 3 is 3.10 bits per heavy atom. The monoisotopic (exact) mass is 137 g/mol. The Kier molecular flexibility index (Phi) is 1.94. The summed E-state index contributed by atoms with van der Waals surface area (Å²) in [6.07, 6.45) is 3.79. The van der Waals surface area contributed by atoms with Crippen LogP contribution in [0, 0.1) is 6.20 Å². The van der Waals surface area contributed by atoms with Crippen molar-refractivity contribution in [3.05, 3.63) is 24.0 Å². The van der Waals surface area contributed by atoms with Gasteiger partial charge in [-0.3, -0.25) is 0 Å². The molecule has 4 heteroatoms. The van der Waals surface area contributed by atoms with E-state index in [1.165, 1.54) is 19.4 Å². The van der Waals surface area contributed by atoms with Gasteiger partial charge in [-0.1, -0.05) is 0 Å². The number of ether oxygens (including phenoxy) is 1. The van der Waals surface area contributed by atoms with Crippen LogP contribution < -0.4 is 0 Å². The summed E-state index contributed by atoms with van der Waals surface area (Å²) >= 11 is 0. The average Bonchev–Trinajstić information content (AvgIpc) is 2.05. The minimum atomic E-state index is -0.449. The van der Waals surface area contributed by atoms with Crippen molar-refractivity contribution in [2.24, 2.45) is 0 Å². The molecule has 1 heterocycles. The summed E-state index contributed by atoms with van der Waals surface area (Å²) in [5, 5.41) is 6.83. The first-order valence-electron chi connectivity index (χ1n) is 2.62. The molecule has 1 radical (unpaired) electrons. The summed E-state index contributed by atoms with van der Waals surface area (Å²) < 4.78 is 4.40. The molecule has 0 aliphatic heterocycles. The van der Waals surface area contributed by atoms with Crippen molar-refractivity contribution in [3.8, 4) is 0 Å². The van der Waals surface area contributed by atoms with Crippen LogP contribution in [0.1, 0.15) is 10.4 Å². The second kappa shape index (κ2) is 2.91. The fraction of sp³-hybridized carbons (Fsp3) is 0.167. The van der Waals surface area contributed by atoms with E-state index in [9.17, 15) is 4.79 Å². The van der Waals surface area contributed by atoms with Crippen LogP contribution in [0.3, 0.4) is 0 Å². The Balaban J connectivity index is 2.85. The van der Waals surface area contributed by atoms with Gasteiger partial charge in [0.1, 0.15) is 6.20 Å². The van der Waals surface area contributed by atoms with Gasteiger partial charge in [-0.05, 0) is 6.07 Å². The molecule has 1 aromatic rings. The van der Waals surface area contributed by atoms with Gasteiger partial charge in [0.15, 0.2) is 0 Å². The minimum Gasteiger partial charge on any atom is -0.465 e. The second-order valence-electron chi connectivity index (χ2n) is 1.55. The zero-order chi connectivity index (χ0) is 7.40. The summed E-state index contributed by atoms with van der Waals surface area (Å²) in [6, 6.07) is 1.48. The van der Waals surface area contributed by atoms with Crippen LogP contribution in [0.2, 0.25) is 0 Å². The number of hydrogen-bond acceptors (Lipinski definition) is 4. The summed E-state index contributed by atoms with van der Waals surface area (Å²) in [4.78, 5) is 10.7. The van der Waals surface area contributed by atoms with Crippen LogP contribution in [0.4, 0.5) is 0 Å². The summed E-state index contributed by atoms with van der Waals surface area (Å²) in [6.45, 7) is 0. The zero-order valence-electron chi connectivity index (χ0n) is 5.37. The number of hydrogen-bond donors (Lipinski definition) is 0. The van der Waals surface area contributed by atoms with Gasteiger partial charge in [0.05, 0.1) is 18.9 Å². The average molecular weight is 137 g/mol. The maximum Gasteiger partial charge on any atom is 0.340 e. The first-order chi connectivity index (χ1) is 4.84. The number of esters is 1. The molecule has 0 aliphatic rings. The van der Waals surface area contributed by atoms with Gasteiger partial charge in [-0.15, -0.1) is 5.10 Å². The number of carbonyl (C=O) groups is 1. The smallest absolute Gasteiger partial charge is 0.340 e. The molecule has 51 valence electrons. The predicted octanol–water partition coefficient (Wildman–Crippen LogP) is 0.0634. The molecule has 1 aromatic heterocycles. The molecule has 0 amide bonds. The van der Waals surface area contributed by atoms with Crippen molar-refractivity contribution in [2.75, 3.05) is 7.11 Å². The maximum absolute atomic E-state index is 10.7. The number of carbonyl (C=O) groups excluding carboxylic acids is 1. The summed E-state index contributed by atoms with van der Waals surface area (Å²) in [5.74, 6) is -0.449. The zero-order valence-corrected chi connectivity index (χ0v) is 5.37. The Morgan fingerprint density at radius 1 is 1.80 bits per heavy atom. The molecule has 4 nitrogen and oxygen atoms in total. The lowest BCUT2D eigenvalue weighted by Crippen LogP contribution is -2.01. The molecular weight excluding hydrogens is 132 g/mol. The molecule has 0 atom stereocenters. The third-order valence-corrected chi connectivity index (χ3v) is 0.941. The molecule has 0 aromatic carbocycles. The second-order valence-corrected chi connectivity index (χ2v) is 1.55. The molecular formula is C6H5N2O2. The lowest BCUT2D eigenvalue weighted by atomic mass is 10.3. The van der Waals surface area contributed by atoms with Gasteiger partial charge in [0.2, 0.25) is 0 Å². The van der Waals surface area contributed by atoms with Crippen LogP contribution in [0.15, 0.2) is 12.3 Å². The van der Waals surface area contributed by atoms with E-state index in [4.69, 9.17) is 0 Å². The van der Waals surface area contributed by atoms with Gasteiger partial charge in [-0.2, -0.15) is 5.10 Å². The van der Waals surface area contributed by atoms with E-state index in [1.54, 1.807) is 0 Å². The van der Waals surface area contributed by atoms with Crippen molar-refractivity contribution < 1.29 is 9.53 Å². The van der Waals surface area contributed by atoms with E-state index in [0.29, 0.717) is 0 Å². The van der Waals surface area contributed by atoms with E-state index in [-0.39, 0.29) is 5.56 Å². The van der Waals surface area contributed by atoms with Crippen molar-refractivity contribution >= 4 is 5.97 Å². The fourth-order valence-corrected chi connectivity index (χ4v) is 0.485. The number of nitrogens with zero attached hydrogens (tertiary/aromatic N) is 2. The summed E-state index contributed by atoms with van der Waals surface area (Å²) in [7, 11) is 1.30. The molecule has 0 aliphatic carbocycles. The minimum absolute atomic E-state index is 0.289. The van der Waals surface area contributed by atoms with Crippen molar-refractivity contribution in [2.45, 2.75) is 0 Å². The highest BCUT2D eigenvalue weighted by Crippen LogP contribution is 1.93. The number of aromatic nitrogens is 2. The van der Waals surface area contributed by atoms with Gasteiger partial charge in [0, 0.05) is 0 Å². The first-order valence-corrected chi connectivity index (χ1v) is 2.62. The van der Waals surface area contributed by atoms with Gasteiger partial charge in [0.25, 0.3) is 0 Å². The Hall–Kier alpha value is -1.45. The molecule has 0 saturated carbocycles. The SMILES string of the molecule is COC(=O)c1[c]nncc1. The summed E-state index contributed by atoms with van der Waals surface area (Å²) in [5.41, 5.74) is 0.289. The molecule has 0 N–H and O–H groups in total.